The number of ether oxygens (including phenoxy) is 1. The van der Waals surface area contributed by atoms with Gasteiger partial charge in [-0.3, -0.25) is 4.79 Å². The standard InChI is InChI=1S/C21H14Cl2N2O2/c1-12-18(23)11-10-17-19(12)25-21(26)20(17)24-14-4-8-16(9-5-14)27-15-6-2-13(22)3-7-15/h2-11H,1H3,(H,24,25,26). The van der Waals surface area contributed by atoms with Crippen molar-refractivity contribution in [1.29, 1.82) is 0 Å². The van der Waals surface area contributed by atoms with Crippen molar-refractivity contribution in [3.05, 3.63) is 81.8 Å². The molecule has 134 valence electrons. The molecule has 0 fully saturated rings. The number of fused-ring (bicyclic) bond motifs is 1. The molecule has 0 saturated heterocycles. The summed E-state index contributed by atoms with van der Waals surface area (Å²) < 4.78 is 5.76. The maximum absolute atomic E-state index is 12.3. The summed E-state index contributed by atoms with van der Waals surface area (Å²) in [5.74, 6) is 1.12. The molecule has 4 rings (SSSR count). The summed E-state index contributed by atoms with van der Waals surface area (Å²) in [6.07, 6.45) is 0. The monoisotopic (exact) mass is 396 g/mol. The summed E-state index contributed by atoms with van der Waals surface area (Å²) in [5, 5.41) is 4.10. The quantitative estimate of drug-likeness (QED) is 0.575. The Hall–Kier alpha value is -2.82. The summed E-state index contributed by atoms with van der Waals surface area (Å²) in [7, 11) is 0. The fraction of sp³-hybridized carbons (Fsp3) is 0.0476. The molecule has 0 spiro atoms. The van der Waals surface area contributed by atoms with Crippen molar-refractivity contribution in [1.82, 2.24) is 0 Å². The Bertz CT molecular complexity index is 1060. The number of halogens is 2. The van der Waals surface area contributed by atoms with Gasteiger partial charge >= 0.3 is 0 Å². The second kappa shape index (κ2) is 7.06. The van der Waals surface area contributed by atoms with Crippen molar-refractivity contribution in [3.8, 4) is 11.5 Å². The SMILES string of the molecule is Cc1c(Cl)ccc2c1NC(=O)C2=Nc1ccc(Oc2ccc(Cl)cc2)cc1. The molecule has 0 unspecified atom stereocenters. The molecule has 0 bridgehead atoms. The van der Waals surface area contributed by atoms with Crippen LogP contribution < -0.4 is 10.1 Å². The van der Waals surface area contributed by atoms with Crippen molar-refractivity contribution in [3.63, 3.8) is 0 Å². The average Bonchev–Trinajstić information content (AvgIpc) is 2.98. The second-order valence-electron chi connectivity index (χ2n) is 6.06. The lowest BCUT2D eigenvalue weighted by atomic mass is 10.1. The Morgan fingerprint density at radius 1 is 0.889 bits per heavy atom. The highest BCUT2D eigenvalue weighted by molar-refractivity contribution is 6.54. The number of anilines is 1. The molecule has 3 aromatic rings. The number of carbonyl (C=O) groups excluding carboxylic acids is 1. The lowest BCUT2D eigenvalue weighted by molar-refractivity contribution is -0.110. The van der Waals surface area contributed by atoms with E-state index in [9.17, 15) is 4.79 Å². The maximum Gasteiger partial charge on any atom is 0.275 e. The third kappa shape index (κ3) is 3.54. The molecule has 0 radical (unpaired) electrons. The average molecular weight is 397 g/mol. The number of nitrogens with zero attached hydrogens (tertiary/aromatic N) is 1. The van der Waals surface area contributed by atoms with E-state index in [-0.39, 0.29) is 5.91 Å². The molecule has 1 aliphatic rings. The third-order valence-electron chi connectivity index (χ3n) is 4.23. The van der Waals surface area contributed by atoms with E-state index in [0.717, 1.165) is 11.1 Å². The van der Waals surface area contributed by atoms with Gasteiger partial charge in [-0.05, 0) is 73.2 Å². The number of rotatable bonds is 3. The Balaban J connectivity index is 1.59. The van der Waals surface area contributed by atoms with Gasteiger partial charge < -0.3 is 10.1 Å². The first-order valence-corrected chi connectivity index (χ1v) is 9.00. The molecule has 0 aromatic heterocycles. The van der Waals surface area contributed by atoms with Gasteiger partial charge in [0.25, 0.3) is 5.91 Å². The van der Waals surface area contributed by atoms with Gasteiger partial charge in [0.05, 0.1) is 11.4 Å². The molecule has 4 nitrogen and oxygen atoms in total. The molecule has 3 aromatic carbocycles. The summed E-state index contributed by atoms with van der Waals surface area (Å²) in [5.41, 5.74) is 3.33. The number of hydrogen-bond donors (Lipinski definition) is 1. The van der Waals surface area contributed by atoms with Gasteiger partial charge in [0.2, 0.25) is 0 Å². The number of benzene rings is 3. The van der Waals surface area contributed by atoms with Gasteiger partial charge in [-0.2, -0.15) is 0 Å². The largest absolute Gasteiger partial charge is 0.457 e. The van der Waals surface area contributed by atoms with Gasteiger partial charge in [0.1, 0.15) is 17.2 Å². The number of aliphatic imine (C=N–C) groups is 1. The molecule has 0 aliphatic carbocycles. The van der Waals surface area contributed by atoms with Gasteiger partial charge in [-0.25, -0.2) is 4.99 Å². The maximum atomic E-state index is 12.3. The molecule has 1 amide bonds. The fourth-order valence-corrected chi connectivity index (χ4v) is 3.09. The number of amides is 1. The fourth-order valence-electron chi connectivity index (χ4n) is 2.81. The lowest BCUT2D eigenvalue weighted by Gasteiger charge is -2.06. The van der Waals surface area contributed by atoms with Gasteiger partial charge in [0.15, 0.2) is 0 Å². The minimum absolute atomic E-state index is 0.239. The highest BCUT2D eigenvalue weighted by atomic mass is 35.5. The highest BCUT2D eigenvalue weighted by Gasteiger charge is 2.28. The molecule has 6 heteroatoms. The van der Waals surface area contributed by atoms with Crippen LogP contribution in [0, 0.1) is 6.92 Å². The van der Waals surface area contributed by atoms with Crippen LogP contribution in [0.5, 0.6) is 11.5 Å². The van der Waals surface area contributed by atoms with E-state index in [1.165, 1.54) is 0 Å². The van der Waals surface area contributed by atoms with Crippen molar-refractivity contribution in [2.75, 3.05) is 5.32 Å². The van der Waals surface area contributed by atoms with E-state index >= 15 is 0 Å². The molecular formula is C21H14Cl2N2O2. The van der Waals surface area contributed by atoms with Crippen LogP contribution in [-0.2, 0) is 4.79 Å². The zero-order valence-electron chi connectivity index (χ0n) is 14.3. The predicted octanol–water partition coefficient (Wildman–Crippen LogP) is 6.17. The molecule has 27 heavy (non-hydrogen) atoms. The Kier molecular flexibility index (Phi) is 4.60. The van der Waals surface area contributed by atoms with Crippen LogP contribution >= 0.6 is 23.2 Å². The highest BCUT2D eigenvalue weighted by Crippen LogP contribution is 2.33. The van der Waals surface area contributed by atoms with Crippen molar-refractivity contribution in [2.24, 2.45) is 4.99 Å². The predicted molar refractivity (Wildman–Crippen MR) is 109 cm³/mol. The van der Waals surface area contributed by atoms with E-state index < -0.39 is 0 Å². The lowest BCUT2D eigenvalue weighted by Crippen LogP contribution is -2.13. The topological polar surface area (TPSA) is 50.7 Å². The molecule has 1 heterocycles. The minimum atomic E-state index is -0.239. The van der Waals surface area contributed by atoms with Crippen LogP contribution in [0.2, 0.25) is 10.0 Å². The minimum Gasteiger partial charge on any atom is -0.457 e. The second-order valence-corrected chi connectivity index (χ2v) is 6.90. The van der Waals surface area contributed by atoms with Crippen LogP contribution in [-0.4, -0.2) is 11.6 Å². The third-order valence-corrected chi connectivity index (χ3v) is 4.90. The summed E-state index contributed by atoms with van der Waals surface area (Å²) in [6, 6.07) is 17.9. The first-order chi connectivity index (χ1) is 13.0. The van der Waals surface area contributed by atoms with E-state index in [2.05, 4.69) is 10.3 Å². The first kappa shape index (κ1) is 17.6. The van der Waals surface area contributed by atoms with E-state index in [4.69, 9.17) is 27.9 Å². The zero-order chi connectivity index (χ0) is 19.0. The summed E-state index contributed by atoms with van der Waals surface area (Å²) in [6.45, 7) is 1.87. The number of nitrogens with one attached hydrogen (secondary N) is 1. The van der Waals surface area contributed by atoms with Crippen LogP contribution in [0.3, 0.4) is 0 Å². The van der Waals surface area contributed by atoms with Gasteiger partial charge in [0, 0.05) is 15.6 Å². The molecule has 0 saturated carbocycles. The summed E-state index contributed by atoms with van der Waals surface area (Å²) in [4.78, 5) is 16.8. The van der Waals surface area contributed by atoms with Crippen molar-refractivity contribution < 1.29 is 9.53 Å². The smallest absolute Gasteiger partial charge is 0.275 e. The van der Waals surface area contributed by atoms with Crippen molar-refractivity contribution >= 4 is 46.2 Å². The van der Waals surface area contributed by atoms with Crippen LogP contribution in [0.4, 0.5) is 11.4 Å². The molecule has 1 N–H and O–H groups in total. The van der Waals surface area contributed by atoms with E-state index in [0.29, 0.717) is 38.6 Å². The first-order valence-electron chi connectivity index (χ1n) is 8.24. The normalized spacial score (nSPS) is 14.2. The van der Waals surface area contributed by atoms with Crippen LogP contribution in [0.25, 0.3) is 0 Å². The Morgan fingerprint density at radius 3 is 2.19 bits per heavy atom. The van der Waals surface area contributed by atoms with Gasteiger partial charge in [-0.1, -0.05) is 23.2 Å². The van der Waals surface area contributed by atoms with Gasteiger partial charge in [-0.15, -0.1) is 0 Å². The molecule has 1 aliphatic heterocycles. The molecular weight excluding hydrogens is 383 g/mol. The molecule has 0 atom stereocenters. The number of carbonyl (C=O) groups is 1. The van der Waals surface area contributed by atoms with Crippen molar-refractivity contribution in [2.45, 2.75) is 6.92 Å². The Labute approximate surface area is 166 Å². The van der Waals surface area contributed by atoms with Crippen LogP contribution in [0.15, 0.2) is 65.7 Å². The van der Waals surface area contributed by atoms with Crippen LogP contribution in [0.1, 0.15) is 11.1 Å². The number of hydrogen-bond acceptors (Lipinski definition) is 3. The van der Waals surface area contributed by atoms with E-state index in [1.807, 2.05) is 6.92 Å². The summed E-state index contributed by atoms with van der Waals surface area (Å²) >= 11 is 12.0. The Morgan fingerprint density at radius 2 is 1.52 bits per heavy atom. The van der Waals surface area contributed by atoms with E-state index in [1.54, 1.807) is 60.7 Å². The zero-order valence-corrected chi connectivity index (χ0v) is 15.8.